The van der Waals surface area contributed by atoms with E-state index in [0.29, 0.717) is 38.5 Å². The van der Waals surface area contributed by atoms with Gasteiger partial charge in [0.25, 0.3) is 0 Å². The number of carbonyl (C=O) groups excluding carboxylic acids is 1. The van der Waals surface area contributed by atoms with Gasteiger partial charge in [-0.25, -0.2) is 9.78 Å². The number of likely N-dealkylation sites (N-methyl/N-ethyl adjacent to an activating group) is 1. The van der Waals surface area contributed by atoms with E-state index in [-0.39, 0.29) is 10.8 Å². The Morgan fingerprint density at radius 2 is 2.03 bits per heavy atom. The number of fused-ring (bicyclic) bond motifs is 2. The molecule has 9 nitrogen and oxygen atoms in total. The largest absolute Gasteiger partial charge is 0.456 e. The number of nitrogens with zero attached hydrogens (tertiary/aromatic N) is 4. The van der Waals surface area contributed by atoms with E-state index in [0.717, 1.165) is 42.9 Å². The number of thiophene rings is 1. The van der Waals surface area contributed by atoms with Crippen LogP contribution in [0.2, 0.25) is 0 Å². The highest BCUT2D eigenvalue weighted by Crippen LogP contribution is 2.48. The summed E-state index contributed by atoms with van der Waals surface area (Å²) >= 11 is 1.12. The molecule has 1 aromatic carbocycles. The number of amides is 1. The van der Waals surface area contributed by atoms with E-state index < -0.39 is 6.09 Å². The molecule has 1 saturated heterocycles. The maximum atomic E-state index is 11.4. The number of nitriles is 1. The summed E-state index contributed by atoms with van der Waals surface area (Å²) < 4.78 is 11.2. The zero-order valence-corrected chi connectivity index (χ0v) is 18.1. The zero-order chi connectivity index (χ0) is 22.4. The Kier molecular flexibility index (Phi) is 4.84. The van der Waals surface area contributed by atoms with E-state index in [1.165, 1.54) is 0 Å². The molecule has 4 heterocycles. The first-order valence-corrected chi connectivity index (χ1v) is 10.8. The average molecular weight is 449 g/mol. The van der Waals surface area contributed by atoms with Crippen molar-refractivity contribution in [1.82, 2.24) is 9.88 Å². The lowest BCUT2D eigenvalue weighted by molar-refractivity contribution is 0.212. The monoisotopic (exact) mass is 448 g/mol. The number of pyridine rings is 1. The van der Waals surface area contributed by atoms with Gasteiger partial charge in [0, 0.05) is 31.6 Å². The third-order valence-electron chi connectivity index (χ3n) is 5.60. The molecule has 0 radical (unpaired) electrons. The van der Waals surface area contributed by atoms with Crippen LogP contribution in [0.3, 0.4) is 0 Å². The van der Waals surface area contributed by atoms with Crippen LogP contribution in [0.25, 0.3) is 32.5 Å². The van der Waals surface area contributed by atoms with Crippen molar-refractivity contribution in [3.05, 3.63) is 35.9 Å². The average Bonchev–Trinajstić information content (AvgIpc) is 3.34. The first-order chi connectivity index (χ1) is 15.5. The van der Waals surface area contributed by atoms with E-state index in [2.05, 4.69) is 22.9 Å². The first kappa shape index (κ1) is 20.1. The highest BCUT2D eigenvalue weighted by atomic mass is 32.1. The second kappa shape index (κ2) is 7.71. The molecule has 4 aromatic rings. The Balaban J connectivity index is 1.81. The molecule has 3 aromatic heterocycles. The van der Waals surface area contributed by atoms with Crippen LogP contribution in [0.1, 0.15) is 5.56 Å². The van der Waals surface area contributed by atoms with Gasteiger partial charge in [0.1, 0.15) is 33.6 Å². The number of furan rings is 1. The van der Waals surface area contributed by atoms with E-state index in [4.69, 9.17) is 25.6 Å². The number of piperazine rings is 1. The van der Waals surface area contributed by atoms with Gasteiger partial charge in [0.2, 0.25) is 5.06 Å². The minimum atomic E-state index is -0.964. The summed E-state index contributed by atoms with van der Waals surface area (Å²) in [7, 11) is 2.06. The number of hydrogen-bond donors (Lipinski definition) is 2. The van der Waals surface area contributed by atoms with Crippen molar-refractivity contribution in [2.24, 2.45) is 5.73 Å². The summed E-state index contributed by atoms with van der Waals surface area (Å²) in [6.07, 6.45) is -0.964. The minimum Gasteiger partial charge on any atom is -0.456 e. The van der Waals surface area contributed by atoms with E-state index in [9.17, 15) is 10.1 Å². The molecular weight excluding hydrogens is 428 g/mol. The molecule has 0 unspecified atom stereocenters. The number of benzene rings is 1. The minimum absolute atomic E-state index is 0.150. The number of rotatable bonds is 3. The Morgan fingerprint density at radius 1 is 1.28 bits per heavy atom. The molecule has 0 spiro atoms. The smallest absolute Gasteiger partial charge is 0.410 e. The number of nitrogens with two attached hydrogens (primary N) is 2. The molecule has 5 rings (SSSR count). The lowest BCUT2D eigenvalue weighted by Crippen LogP contribution is -2.45. The van der Waals surface area contributed by atoms with Gasteiger partial charge >= 0.3 is 6.09 Å². The number of ether oxygens (including phenoxy) is 1. The van der Waals surface area contributed by atoms with Crippen LogP contribution in [-0.2, 0) is 0 Å². The molecule has 4 N–H and O–H groups in total. The molecule has 0 bridgehead atoms. The van der Waals surface area contributed by atoms with Crippen molar-refractivity contribution < 1.29 is 13.9 Å². The van der Waals surface area contributed by atoms with Crippen molar-refractivity contribution >= 4 is 50.1 Å². The Bertz CT molecular complexity index is 1360. The third kappa shape index (κ3) is 3.28. The third-order valence-corrected chi connectivity index (χ3v) is 6.58. The van der Waals surface area contributed by atoms with E-state index >= 15 is 0 Å². The van der Waals surface area contributed by atoms with Crippen molar-refractivity contribution in [3.8, 4) is 22.5 Å². The number of primary amides is 1. The predicted octanol–water partition coefficient (Wildman–Crippen LogP) is 3.37. The number of carbonyl (C=O) groups is 1. The van der Waals surface area contributed by atoms with Gasteiger partial charge < -0.3 is 30.4 Å². The Hall–Kier alpha value is -3.81. The van der Waals surface area contributed by atoms with Crippen LogP contribution in [0.4, 0.5) is 16.3 Å². The number of anilines is 2. The summed E-state index contributed by atoms with van der Waals surface area (Å²) in [6.45, 7) is 3.17. The van der Waals surface area contributed by atoms with Gasteiger partial charge in [-0.2, -0.15) is 5.26 Å². The quantitative estimate of drug-likeness (QED) is 0.487. The van der Waals surface area contributed by atoms with Crippen molar-refractivity contribution in [3.63, 3.8) is 0 Å². The highest BCUT2D eigenvalue weighted by Gasteiger charge is 2.28. The SMILES string of the molecule is CN1CCN(c2nc3sc(OC(N)=O)c(N)c3c(-c3cc4ccccc4o3)c2C#N)CC1. The highest BCUT2D eigenvalue weighted by molar-refractivity contribution is 7.21. The first-order valence-electron chi connectivity index (χ1n) is 10.0. The fourth-order valence-electron chi connectivity index (χ4n) is 3.99. The molecule has 0 aliphatic carbocycles. The van der Waals surface area contributed by atoms with Gasteiger partial charge in [0.15, 0.2) is 0 Å². The van der Waals surface area contributed by atoms with Crippen LogP contribution < -0.4 is 21.1 Å². The van der Waals surface area contributed by atoms with E-state index in [1.54, 1.807) is 0 Å². The number of aromatic nitrogens is 1. The van der Waals surface area contributed by atoms with Gasteiger partial charge in [-0.1, -0.05) is 29.5 Å². The zero-order valence-electron chi connectivity index (χ0n) is 17.3. The summed E-state index contributed by atoms with van der Waals surface area (Å²) in [5, 5.41) is 11.8. The summed E-state index contributed by atoms with van der Waals surface area (Å²) in [5.74, 6) is 1.07. The summed E-state index contributed by atoms with van der Waals surface area (Å²) in [4.78, 5) is 21.0. The fraction of sp³-hybridized carbons (Fsp3) is 0.227. The van der Waals surface area contributed by atoms with Gasteiger partial charge in [-0.3, -0.25) is 0 Å². The molecule has 32 heavy (non-hydrogen) atoms. The van der Waals surface area contributed by atoms with Crippen LogP contribution in [-0.4, -0.2) is 49.2 Å². The molecular formula is C22H20N6O3S. The summed E-state index contributed by atoms with van der Waals surface area (Å²) in [5.41, 5.74) is 13.4. The van der Waals surface area contributed by atoms with Crippen molar-refractivity contribution in [2.45, 2.75) is 0 Å². The van der Waals surface area contributed by atoms with Crippen molar-refractivity contribution in [2.75, 3.05) is 43.9 Å². The molecule has 1 fully saturated rings. The molecule has 162 valence electrons. The van der Waals surface area contributed by atoms with Gasteiger partial charge in [0.05, 0.1) is 16.6 Å². The predicted molar refractivity (Wildman–Crippen MR) is 124 cm³/mol. The molecule has 1 amide bonds. The molecule has 10 heteroatoms. The molecule has 0 atom stereocenters. The van der Waals surface area contributed by atoms with E-state index in [1.807, 2.05) is 30.3 Å². The normalized spacial score (nSPS) is 14.7. The molecule has 1 aliphatic heterocycles. The van der Waals surface area contributed by atoms with Crippen LogP contribution in [0.15, 0.2) is 34.7 Å². The number of nitrogen functional groups attached to an aromatic ring is 1. The fourth-order valence-corrected chi connectivity index (χ4v) is 4.95. The second-order valence-electron chi connectivity index (χ2n) is 7.64. The van der Waals surface area contributed by atoms with Crippen molar-refractivity contribution in [1.29, 1.82) is 5.26 Å². The van der Waals surface area contributed by atoms with Gasteiger partial charge in [-0.05, 0) is 19.2 Å². The lowest BCUT2D eigenvalue weighted by atomic mass is 10.0. The van der Waals surface area contributed by atoms with Crippen LogP contribution in [0.5, 0.6) is 5.06 Å². The van der Waals surface area contributed by atoms with Crippen LogP contribution >= 0.6 is 11.3 Å². The standard InChI is InChI=1S/C22H20N6O3S/c1-27-6-8-28(9-7-27)19-13(11-23)16(15-10-12-4-2-3-5-14(12)30-15)17-18(24)21(31-22(25)29)32-20(17)26-19/h2-5,10H,6-9,24H2,1H3,(H2,25,29). The summed E-state index contributed by atoms with van der Waals surface area (Å²) in [6, 6.07) is 11.8. The molecule has 0 saturated carbocycles. The molecule has 1 aliphatic rings. The Labute approximate surface area is 187 Å². The van der Waals surface area contributed by atoms with Crippen LogP contribution in [0, 0.1) is 11.3 Å². The Morgan fingerprint density at radius 3 is 2.72 bits per heavy atom. The number of para-hydroxylation sites is 1. The topological polar surface area (TPSA) is 135 Å². The second-order valence-corrected chi connectivity index (χ2v) is 8.60. The number of hydrogen-bond acceptors (Lipinski definition) is 9. The maximum absolute atomic E-state index is 11.4. The lowest BCUT2D eigenvalue weighted by Gasteiger charge is -2.33. The van der Waals surface area contributed by atoms with Gasteiger partial charge in [-0.15, -0.1) is 0 Å². The maximum Gasteiger partial charge on any atom is 0.410 e.